The Labute approximate surface area is 189 Å². The van der Waals surface area contributed by atoms with Gasteiger partial charge >= 0.3 is 0 Å². The summed E-state index contributed by atoms with van der Waals surface area (Å²) in [7, 11) is 1.54. The van der Waals surface area contributed by atoms with Crippen LogP contribution in [0.3, 0.4) is 0 Å². The van der Waals surface area contributed by atoms with Gasteiger partial charge in [-0.2, -0.15) is 0 Å². The molecular formula is C22H24ClFN4O4. The predicted molar refractivity (Wildman–Crippen MR) is 120 cm³/mol. The van der Waals surface area contributed by atoms with Crippen molar-refractivity contribution in [3.8, 4) is 11.5 Å². The fraction of sp³-hybridized carbons (Fsp3) is 0.364. The van der Waals surface area contributed by atoms with E-state index in [1.165, 1.54) is 18.5 Å². The smallest absolute Gasteiger partial charge is 0.162 e. The number of β-amino-alcohol motifs (C(OH)–C–C–N with tert-alkyl or cyclic N) is 1. The van der Waals surface area contributed by atoms with E-state index in [0.717, 1.165) is 13.1 Å². The average molecular weight is 463 g/mol. The molecule has 2 aromatic carbocycles. The summed E-state index contributed by atoms with van der Waals surface area (Å²) in [5.74, 6) is 0.946. The highest BCUT2D eigenvalue weighted by Gasteiger charge is 2.17. The first-order chi connectivity index (χ1) is 15.5. The first kappa shape index (κ1) is 22.5. The van der Waals surface area contributed by atoms with E-state index in [1.54, 1.807) is 25.3 Å². The van der Waals surface area contributed by atoms with E-state index in [4.69, 9.17) is 25.8 Å². The zero-order chi connectivity index (χ0) is 22.5. The molecule has 1 aliphatic heterocycles. The van der Waals surface area contributed by atoms with Gasteiger partial charge in [-0.25, -0.2) is 14.4 Å². The Bertz CT molecular complexity index is 1080. The molecule has 0 aliphatic carbocycles. The van der Waals surface area contributed by atoms with E-state index in [-0.39, 0.29) is 11.6 Å². The summed E-state index contributed by atoms with van der Waals surface area (Å²) < 4.78 is 30.2. The number of halogens is 2. The lowest BCUT2D eigenvalue weighted by molar-refractivity contribution is 0.00447. The molecule has 10 heteroatoms. The van der Waals surface area contributed by atoms with Gasteiger partial charge in [0, 0.05) is 36.8 Å². The first-order valence-electron chi connectivity index (χ1n) is 10.2. The third kappa shape index (κ3) is 5.36. The molecule has 0 spiro atoms. The third-order valence-corrected chi connectivity index (χ3v) is 5.40. The van der Waals surface area contributed by atoms with Crippen LogP contribution in [0, 0.1) is 5.82 Å². The second-order valence-corrected chi connectivity index (χ2v) is 7.78. The summed E-state index contributed by atoms with van der Waals surface area (Å²) in [4.78, 5) is 10.7. The van der Waals surface area contributed by atoms with Crippen LogP contribution in [0.25, 0.3) is 10.9 Å². The van der Waals surface area contributed by atoms with Crippen molar-refractivity contribution in [1.82, 2.24) is 14.9 Å². The standard InChI is InChI=1S/C22H24ClFN4O4/c1-30-20-10-19-16(9-21(20)32-12-15(29)11-28-4-6-31-7-5-28)22(26-13-25-19)27-14-2-3-18(24)17(23)8-14/h2-3,8-10,13,15,29H,4-7,11-12H2,1H3,(H,25,26,27)/t15-/m1/s1. The van der Waals surface area contributed by atoms with Gasteiger partial charge in [0.05, 0.1) is 30.9 Å². The van der Waals surface area contributed by atoms with Crippen molar-refractivity contribution in [2.24, 2.45) is 0 Å². The summed E-state index contributed by atoms with van der Waals surface area (Å²) in [6.45, 7) is 3.51. The van der Waals surface area contributed by atoms with Crippen molar-refractivity contribution in [1.29, 1.82) is 0 Å². The lowest BCUT2D eigenvalue weighted by atomic mass is 10.2. The maximum atomic E-state index is 13.5. The van der Waals surface area contributed by atoms with Gasteiger partial charge in [-0.3, -0.25) is 4.90 Å². The number of nitrogens with one attached hydrogen (secondary N) is 1. The minimum atomic E-state index is -0.667. The number of ether oxygens (including phenoxy) is 3. The Kier molecular flexibility index (Phi) is 7.21. The van der Waals surface area contributed by atoms with E-state index in [1.807, 2.05) is 0 Å². The number of benzene rings is 2. The molecule has 0 radical (unpaired) electrons. The molecule has 2 N–H and O–H groups in total. The number of nitrogens with zero attached hydrogens (tertiary/aromatic N) is 3. The number of morpholine rings is 1. The fourth-order valence-electron chi connectivity index (χ4n) is 3.47. The molecule has 1 saturated heterocycles. The number of hydrogen-bond donors (Lipinski definition) is 2. The molecule has 0 amide bonds. The van der Waals surface area contributed by atoms with Gasteiger partial charge in [-0.05, 0) is 24.3 Å². The number of fused-ring (bicyclic) bond motifs is 1. The van der Waals surface area contributed by atoms with Crippen molar-refractivity contribution in [3.05, 3.63) is 47.5 Å². The molecule has 1 aromatic heterocycles. The van der Waals surface area contributed by atoms with Crippen LogP contribution in [0.1, 0.15) is 0 Å². The van der Waals surface area contributed by atoms with E-state index in [2.05, 4.69) is 20.2 Å². The van der Waals surface area contributed by atoms with Crippen LogP contribution in [0.5, 0.6) is 11.5 Å². The number of hydrogen-bond acceptors (Lipinski definition) is 8. The highest BCUT2D eigenvalue weighted by molar-refractivity contribution is 6.31. The van der Waals surface area contributed by atoms with Gasteiger partial charge < -0.3 is 24.6 Å². The van der Waals surface area contributed by atoms with E-state index < -0.39 is 11.9 Å². The number of aliphatic hydroxyl groups excluding tert-OH is 1. The average Bonchev–Trinajstić information content (AvgIpc) is 2.80. The monoisotopic (exact) mass is 462 g/mol. The quantitative estimate of drug-likeness (QED) is 0.527. The number of aliphatic hydroxyl groups is 1. The lowest BCUT2D eigenvalue weighted by Gasteiger charge is -2.28. The van der Waals surface area contributed by atoms with Crippen molar-refractivity contribution >= 4 is 34.0 Å². The largest absolute Gasteiger partial charge is 0.493 e. The molecule has 1 aliphatic rings. The molecule has 170 valence electrons. The molecule has 2 heterocycles. The van der Waals surface area contributed by atoms with Crippen LogP contribution in [-0.4, -0.2) is 72.6 Å². The van der Waals surface area contributed by atoms with Crippen molar-refractivity contribution in [2.45, 2.75) is 6.10 Å². The Morgan fingerprint density at radius 2 is 2.03 bits per heavy atom. The highest BCUT2D eigenvalue weighted by Crippen LogP contribution is 2.35. The van der Waals surface area contributed by atoms with Crippen LogP contribution >= 0.6 is 11.6 Å². The SMILES string of the molecule is COc1cc2ncnc(Nc3ccc(F)c(Cl)c3)c2cc1OC[C@H](O)CN1CCOCC1. The molecule has 0 saturated carbocycles. The zero-order valence-corrected chi connectivity index (χ0v) is 18.3. The van der Waals surface area contributed by atoms with Crippen LogP contribution in [0.15, 0.2) is 36.7 Å². The number of methoxy groups -OCH3 is 1. The second-order valence-electron chi connectivity index (χ2n) is 7.37. The van der Waals surface area contributed by atoms with Crippen LogP contribution in [0.4, 0.5) is 15.9 Å². The summed E-state index contributed by atoms with van der Waals surface area (Å²) in [5.41, 5.74) is 1.21. The molecule has 0 unspecified atom stereocenters. The number of aromatic nitrogens is 2. The predicted octanol–water partition coefficient (Wildman–Crippen LogP) is 3.25. The van der Waals surface area contributed by atoms with Gasteiger partial charge in [0.25, 0.3) is 0 Å². The Morgan fingerprint density at radius 1 is 1.22 bits per heavy atom. The Hall–Kier alpha value is -2.72. The van der Waals surface area contributed by atoms with Gasteiger partial charge in [0.2, 0.25) is 0 Å². The molecule has 3 aromatic rings. The van der Waals surface area contributed by atoms with Gasteiger partial charge in [-0.15, -0.1) is 0 Å². The van der Waals surface area contributed by atoms with Crippen molar-refractivity contribution in [3.63, 3.8) is 0 Å². The molecule has 1 atom stereocenters. The Balaban J connectivity index is 1.54. The number of anilines is 2. The second kappa shape index (κ2) is 10.3. The highest BCUT2D eigenvalue weighted by atomic mass is 35.5. The first-order valence-corrected chi connectivity index (χ1v) is 10.6. The number of rotatable bonds is 8. The maximum Gasteiger partial charge on any atom is 0.162 e. The summed E-state index contributed by atoms with van der Waals surface area (Å²) >= 11 is 5.89. The van der Waals surface area contributed by atoms with Gasteiger partial charge in [0.1, 0.15) is 30.7 Å². The van der Waals surface area contributed by atoms with Gasteiger partial charge in [0.15, 0.2) is 11.5 Å². The van der Waals surface area contributed by atoms with Crippen LogP contribution < -0.4 is 14.8 Å². The fourth-order valence-corrected chi connectivity index (χ4v) is 3.65. The molecular weight excluding hydrogens is 439 g/mol. The van der Waals surface area contributed by atoms with E-state index in [0.29, 0.717) is 53.7 Å². The van der Waals surface area contributed by atoms with Crippen molar-refractivity contribution < 1.29 is 23.7 Å². The molecule has 32 heavy (non-hydrogen) atoms. The van der Waals surface area contributed by atoms with Gasteiger partial charge in [-0.1, -0.05) is 11.6 Å². The van der Waals surface area contributed by atoms with Crippen LogP contribution in [-0.2, 0) is 4.74 Å². The molecule has 8 nitrogen and oxygen atoms in total. The summed E-state index contributed by atoms with van der Waals surface area (Å²) in [6, 6.07) is 7.82. The summed E-state index contributed by atoms with van der Waals surface area (Å²) in [5, 5.41) is 14.2. The van der Waals surface area contributed by atoms with Crippen LogP contribution in [0.2, 0.25) is 5.02 Å². The normalized spacial score (nSPS) is 15.5. The third-order valence-electron chi connectivity index (χ3n) is 5.11. The molecule has 0 bridgehead atoms. The minimum Gasteiger partial charge on any atom is -0.493 e. The van der Waals surface area contributed by atoms with E-state index >= 15 is 0 Å². The van der Waals surface area contributed by atoms with Crippen molar-refractivity contribution in [2.75, 3.05) is 51.9 Å². The summed E-state index contributed by atoms with van der Waals surface area (Å²) in [6.07, 6.45) is 0.751. The topological polar surface area (TPSA) is 89.0 Å². The molecule has 1 fully saturated rings. The Morgan fingerprint density at radius 3 is 2.78 bits per heavy atom. The maximum absolute atomic E-state index is 13.5. The zero-order valence-electron chi connectivity index (χ0n) is 17.6. The van der Waals surface area contributed by atoms with E-state index in [9.17, 15) is 9.50 Å². The lowest BCUT2D eigenvalue weighted by Crippen LogP contribution is -2.42. The molecule has 4 rings (SSSR count). The minimum absolute atomic E-state index is 0.00769.